The minimum atomic E-state index is -0.650. The molecule has 0 aliphatic carbocycles. The molecule has 2 aliphatic rings. The molecule has 3 nitrogen and oxygen atoms in total. The van der Waals surface area contributed by atoms with Gasteiger partial charge in [0.2, 0.25) is 0 Å². The van der Waals surface area contributed by atoms with Crippen molar-refractivity contribution in [2.45, 2.75) is 6.10 Å². The van der Waals surface area contributed by atoms with Crippen molar-refractivity contribution in [1.29, 1.82) is 0 Å². The van der Waals surface area contributed by atoms with Gasteiger partial charge in [0.15, 0.2) is 0 Å². The van der Waals surface area contributed by atoms with Gasteiger partial charge in [-0.15, -0.1) is 0 Å². The van der Waals surface area contributed by atoms with Crippen LogP contribution in [0.2, 0.25) is 0 Å². The fourth-order valence-corrected chi connectivity index (χ4v) is 2.91. The molecule has 1 atom stereocenters. The van der Waals surface area contributed by atoms with E-state index in [0.29, 0.717) is 0 Å². The Kier molecular flexibility index (Phi) is 2.79. The predicted octanol–water partition coefficient (Wildman–Crippen LogP) is 3.41. The van der Waals surface area contributed by atoms with E-state index in [-0.39, 0.29) is 0 Å². The molecular formula is C18H16N2O. The molecule has 3 heteroatoms. The molecule has 0 saturated heterocycles. The number of aliphatic hydroxyl groups is 1. The third-order valence-electron chi connectivity index (χ3n) is 3.98. The molecule has 1 aromatic carbocycles. The second kappa shape index (κ2) is 4.79. The number of benzene rings is 1. The molecule has 0 fully saturated rings. The molecule has 1 aromatic heterocycles. The third kappa shape index (κ3) is 2.03. The Hall–Kier alpha value is -2.52. The van der Waals surface area contributed by atoms with Crippen molar-refractivity contribution in [3.8, 4) is 0 Å². The van der Waals surface area contributed by atoms with Crippen molar-refractivity contribution in [3.05, 3.63) is 83.9 Å². The highest BCUT2D eigenvalue weighted by Crippen LogP contribution is 2.33. The smallest absolute Gasteiger partial charge is 0.121 e. The lowest BCUT2D eigenvalue weighted by atomic mass is 9.98. The maximum absolute atomic E-state index is 10.8. The molecule has 2 N–H and O–H groups in total. The maximum Gasteiger partial charge on any atom is 0.121 e. The first-order chi connectivity index (χ1) is 10.3. The van der Waals surface area contributed by atoms with E-state index in [1.165, 1.54) is 0 Å². The fraction of sp³-hybridized carbons (Fsp3) is 0.111. The highest BCUT2D eigenvalue weighted by Gasteiger charge is 2.23. The number of para-hydroxylation sites is 1. The van der Waals surface area contributed by atoms with Crippen molar-refractivity contribution in [3.63, 3.8) is 0 Å². The van der Waals surface area contributed by atoms with Gasteiger partial charge in [-0.3, -0.25) is 0 Å². The predicted molar refractivity (Wildman–Crippen MR) is 84.4 cm³/mol. The number of hydrogen-bond donors (Lipinski definition) is 2. The summed E-state index contributed by atoms with van der Waals surface area (Å²) >= 11 is 0. The van der Waals surface area contributed by atoms with Gasteiger partial charge in [0.05, 0.1) is 0 Å². The van der Waals surface area contributed by atoms with Crippen molar-refractivity contribution < 1.29 is 5.11 Å². The van der Waals surface area contributed by atoms with Gasteiger partial charge in [-0.2, -0.15) is 0 Å². The first-order valence-electron chi connectivity index (χ1n) is 7.11. The number of nitrogens with zero attached hydrogens (tertiary/aromatic N) is 1. The largest absolute Gasteiger partial charge is 0.382 e. The van der Waals surface area contributed by atoms with Gasteiger partial charge < -0.3 is 15.0 Å². The molecular weight excluding hydrogens is 260 g/mol. The molecule has 0 saturated carbocycles. The van der Waals surface area contributed by atoms with Gasteiger partial charge in [-0.1, -0.05) is 36.4 Å². The summed E-state index contributed by atoms with van der Waals surface area (Å²) in [7, 11) is 0. The van der Waals surface area contributed by atoms with Crippen LogP contribution < -0.4 is 0 Å². The summed E-state index contributed by atoms with van der Waals surface area (Å²) in [5.74, 6) is 0. The van der Waals surface area contributed by atoms with Crippen LogP contribution in [0, 0.1) is 0 Å². The Morgan fingerprint density at radius 2 is 2.05 bits per heavy atom. The second-order valence-corrected chi connectivity index (χ2v) is 5.31. The first kappa shape index (κ1) is 12.2. The van der Waals surface area contributed by atoms with Gasteiger partial charge >= 0.3 is 0 Å². The van der Waals surface area contributed by atoms with Gasteiger partial charge in [-0.25, -0.2) is 0 Å². The molecule has 2 aromatic rings. The summed E-state index contributed by atoms with van der Waals surface area (Å²) in [6.45, 7) is 0.846. The fourth-order valence-electron chi connectivity index (χ4n) is 2.91. The highest BCUT2D eigenvalue weighted by atomic mass is 16.3. The molecule has 3 heterocycles. The molecule has 0 amide bonds. The maximum atomic E-state index is 10.8. The third-order valence-corrected chi connectivity index (χ3v) is 3.98. The summed E-state index contributed by atoms with van der Waals surface area (Å²) in [6, 6.07) is 10.1. The Bertz CT molecular complexity index is 774. The Morgan fingerprint density at radius 1 is 1.14 bits per heavy atom. The average molecular weight is 276 g/mol. The summed E-state index contributed by atoms with van der Waals surface area (Å²) in [4.78, 5) is 5.45. The number of nitrogens with one attached hydrogen (secondary N) is 1. The van der Waals surface area contributed by atoms with E-state index in [1.807, 2.05) is 60.8 Å². The summed E-state index contributed by atoms with van der Waals surface area (Å²) in [6.07, 6.45) is 11.5. The SMILES string of the molecule is OC(C1=CC=CN2CC=CC=C12)c1cc2ccccc2[nH]1. The zero-order chi connectivity index (χ0) is 14.2. The van der Waals surface area contributed by atoms with Gasteiger partial charge in [0.25, 0.3) is 0 Å². The highest BCUT2D eigenvalue weighted by molar-refractivity contribution is 5.80. The number of allylic oxidation sites excluding steroid dienone is 4. The number of rotatable bonds is 2. The van der Waals surface area contributed by atoms with Crippen LogP contribution in [-0.2, 0) is 0 Å². The van der Waals surface area contributed by atoms with Crippen molar-refractivity contribution in [2.75, 3.05) is 6.54 Å². The second-order valence-electron chi connectivity index (χ2n) is 5.31. The number of hydrogen-bond acceptors (Lipinski definition) is 2. The van der Waals surface area contributed by atoms with Crippen LogP contribution >= 0.6 is 0 Å². The zero-order valence-corrected chi connectivity index (χ0v) is 11.5. The van der Waals surface area contributed by atoms with Crippen molar-refractivity contribution >= 4 is 10.9 Å². The van der Waals surface area contributed by atoms with Crippen LogP contribution in [0.4, 0.5) is 0 Å². The number of fused-ring (bicyclic) bond motifs is 2. The van der Waals surface area contributed by atoms with Crippen LogP contribution in [0.15, 0.2) is 78.2 Å². The molecule has 0 radical (unpaired) electrons. The Morgan fingerprint density at radius 3 is 2.95 bits per heavy atom. The summed E-state index contributed by atoms with van der Waals surface area (Å²) in [5, 5.41) is 11.9. The van der Waals surface area contributed by atoms with Gasteiger partial charge in [0.1, 0.15) is 6.10 Å². The first-order valence-corrected chi connectivity index (χ1v) is 7.11. The van der Waals surface area contributed by atoms with Crippen molar-refractivity contribution in [2.24, 2.45) is 0 Å². The minimum absolute atomic E-state index is 0.650. The number of H-pyrrole nitrogens is 1. The zero-order valence-electron chi connectivity index (χ0n) is 11.5. The van der Waals surface area contributed by atoms with Gasteiger partial charge in [-0.05, 0) is 29.7 Å². The lowest BCUT2D eigenvalue weighted by Crippen LogP contribution is -2.24. The lowest BCUT2D eigenvalue weighted by Gasteiger charge is -2.30. The monoisotopic (exact) mass is 276 g/mol. The topological polar surface area (TPSA) is 39.3 Å². The molecule has 4 rings (SSSR count). The molecule has 0 bridgehead atoms. The van der Waals surface area contributed by atoms with E-state index in [0.717, 1.165) is 34.4 Å². The standard InChI is InChI=1S/C18H16N2O/c21-18(16-12-13-6-1-2-8-15(13)19-16)14-7-5-11-20-10-4-3-9-17(14)20/h1-9,11-12,18-19,21H,10H2. The molecule has 0 spiro atoms. The number of aromatic nitrogens is 1. The Balaban J connectivity index is 1.75. The summed E-state index contributed by atoms with van der Waals surface area (Å²) in [5.41, 5.74) is 3.86. The normalized spacial score (nSPS) is 18.4. The Labute approximate surface area is 123 Å². The quantitative estimate of drug-likeness (QED) is 0.882. The van der Waals surface area contributed by atoms with E-state index in [9.17, 15) is 5.11 Å². The summed E-state index contributed by atoms with van der Waals surface area (Å²) < 4.78 is 0. The minimum Gasteiger partial charge on any atom is -0.382 e. The number of aliphatic hydroxyl groups excluding tert-OH is 1. The van der Waals surface area contributed by atoms with Crippen LogP contribution in [0.1, 0.15) is 11.8 Å². The molecule has 21 heavy (non-hydrogen) atoms. The lowest BCUT2D eigenvalue weighted by molar-refractivity contribution is 0.208. The van der Waals surface area contributed by atoms with E-state index in [4.69, 9.17) is 0 Å². The molecule has 1 unspecified atom stereocenters. The van der Waals surface area contributed by atoms with Crippen LogP contribution in [0.3, 0.4) is 0 Å². The number of aromatic amines is 1. The van der Waals surface area contributed by atoms with Crippen LogP contribution in [-0.4, -0.2) is 21.5 Å². The van der Waals surface area contributed by atoms with E-state index in [2.05, 4.69) is 16.0 Å². The van der Waals surface area contributed by atoms with Crippen molar-refractivity contribution in [1.82, 2.24) is 9.88 Å². The van der Waals surface area contributed by atoms with E-state index in [1.54, 1.807) is 0 Å². The van der Waals surface area contributed by atoms with Crippen LogP contribution in [0.25, 0.3) is 10.9 Å². The van der Waals surface area contributed by atoms with Crippen LogP contribution in [0.5, 0.6) is 0 Å². The van der Waals surface area contributed by atoms with E-state index < -0.39 is 6.10 Å². The average Bonchev–Trinajstić information content (AvgIpc) is 2.97. The van der Waals surface area contributed by atoms with E-state index >= 15 is 0 Å². The molecule has 2 aliphatic heterocycles. The molecule has 104 valence electrons. The van der Waals surface area contributed by atoms with Gasteiger partial charge in [0, 0.05) is 35.2 Å².